The predicted molar refractivity (Wildman–Crippen MR) is 68.0 cm³/mol. The number of nitrogens with one attached hydrogen (secondary N) is 1. The van der Waals surface area contributed by atoms with Crippen molar-refractivity contribution in [3.05, 3.63) is 0 Å². The van der Waals surface area contributed by atoms with Gasteiger partial charge in [-0.15, -0.1) is 6.42 Å². The van der Waals surface area contributed by atoms with Crippen LogP contribution in [0, 0.1) is 18.3 Å². The van der Waals surface area contributed by atoms with Gasteiger partial charge in [-0.05, 0) is 32.1 Å². The van der Waals surface area contributed by atoms with Crippen molar-refractivity contribution in [2.45, 2.75) is 38.6 Å². The fourth-order valence-electron chi connectivity index (χ4n) is 2.13. The molecule has 2 N–H and O–H groups in total. The topological polar surface area (TPSA) is 69.6 Å². The van der Waals surface area contributed by atoms with Crippen LogP contribution < -0.4 is 5.32 Å². The van der Waals surface area contributed by atoms with Gasteiger partial charge in [0.25, 0.3) is 0 Å². The first-order chi connectivity index (χ1) is 8.52. The van der Waals surface area contributed by atoms with Crippen LogP contribution in [0.1, 0.15) is 32.6 Å². The van der Waals surface area contributed by atoms with Crippen LogP contribution in [-0.4, -0.2) is 41.1 Å². The number of rotatable bonds is 4. The molecule has 5 nitrogen and oxygen atoms in total. The molecule has 1 rings (SSSR count). The molecule has 1 fully saturated rings. The maximum absolute atomic E-state index is 11.9. The first kappa shape index (κ1) is 14.4. The summed E-state index contributed by atoms with van der Waals surface area (Å²) in [7, 11) is 0. The van der Waals surface area contributed by atoms with E-state index in [9.17, 15) is 9.59 Å². The van der Waals surface area contributed by atoms with Crippen LogP contribution in [0.15, 0.2) is 0 Å². The highest BCUT2D eigenvalue weighted by molar-refractivity contribution is 5.75. The van der Waals surface area contributed by atoms with E-state index in [2.05, 4.69) is 11.2 Å². The molecule has 1 aliphatic rings. The van der Waals surface area contributed by atoms with Crippen molar-refractivity contribution in [3.8, 4) is 12.3 Å². The molecule has 1 aliphatic heterocycles. The Hall–Kier alpha value is -1.70. The van der Waals surface area contributed by atoms with Gasteiger partial charge >= 0.3 is 12.0 Å². The molecule has 0 aromatic heterocycles. The number of likely N-dealkylation sites (tertiary alicyclic amines) is 1. The van der Waals surface area contributed by atoms with Crippen LogP contribution in [0.5, 0.6) is 0 Å². The van der Waals surface area contributed by atoms with Crippen molar-refractivity contribution in [1.82, 2.24) is 10.2 Å². The highest BCUT2D eigenvalue weighted by atomic mass is 16.4. The lowest BCUT2D eigenvalue weighted by molar-refractivity contribution is -0.137. The molecule has 0 bridgehead atoms. The van der Waals surface area contributed by atoms with Gasteiger partial charge in [0, 0.05) is 19.5 Å². The Balaban J connectivity index is 2.41. The zero-order valence-corrected chi connectivity index (χ0v) is 10.7. The Labute approximate surface area is 108 Å². The number of urea groups is 1. The standard InChI is InChI=1S/C13H20N2O3/c1-3-10(2)14-13(18)15-8-4-5-11(9-15)6-7-12(16)17/h1,10-11H,4-9H2,2H3,(H,14,18)(H,16,17). The molecule has 5 heteroatoms. The molecule has 2 atom stereocenters. The average Bonchev–Trinajstić information content (AvgIpc) is 2.36. The fourth-order valence-corrected chi connectivity index (χ4v) is 2.13. The SMILES string of the molecule is C#CC(C)NC(=O)N1CCCC(CCC(=O)O)C1. The van der Waals surface area contributed by atoms with Gasteiger partial charge in [-0.25, -0.2) is 4.79 Å². The molecule has 0 aliphatic carbocycles. The van der Waals surface area contributed by atoms with E-state index in [-0.39, 0.29) is 24.4 Å². The van der Waals surface area contributed by atoms with Gasteiger partial charge in [-0.2, -0.15) is 0 Å². The summed E-state index contributed by atoms with van der Waals surface area (Å²) in [6.07, 6.45) is 7.91. The van der Waals surface area contributed by atoms with E-state index in [0.29, 0.717) is 19.5 Å². The molecule has 0 aromatic rings. The summed E-state index contributed by atoms with van der Waals surface area (Å²) in [5.41, 5.74) is 0. The smallest absolute Gasteiger partial charge is 0.318 e. The number of hydrogen-bond donors (Lipinski definition) is 2. The maximum Gasteiger partial charge on any atom is 0.318 e. The van der Waals surface area contributed by atoms with Gasteiger partial charge in [0.05, 0.1) is 6.04 Å². The number of piperidine rings is 1. The summed E-state index contributed by atoms with van der Waals surface area (Å²) in [6, 6.07) is -0.433. The molecular formula is C13H20N2O3. The van der Waals surface area contributed by atoms with Crippen LogP contribution in [0.4, 0.5) is 4.79 Å². The summed E-state index contributed by atoms with van der Waals surface area (Å²) in [5.74, 6) is 1.95. The third kappa shape index (κ3) is 4.66. The number of aliphatic carboxylic acids is 1. The molecule has 0 aromatic carbocycles. The van der Waals surface area contributed by atoms with E-state index < -0.39 is 5.97 Å². The average molecular weight is 252 g/mol. The monoisotopic (exact) mass is 252 g/mol. The summed E-state index contributed by atoms with van der Waals surface area (Å²) < 4.78 is 0. The molecule has 18 heavy (non-hydrogen) atoms. The third-order valence-electron chi connectivity index (χ3n) is 3.16. The van der Waals surface area contributed by atoms with Gasteiger partial charge in [0.1, 0.15) is 0 Å². The highest BCUT2D eigenvalue weighted by Crippen LogP contribution is 2.20. The van der Waals surface area contributed by atoms with Crippen LogP contribution in [0.3, 0.4) is 0 Å². The minimum atomic E-state index is -0.780. The number of terminal acetylenes is 1. The number of carbonyl (C=O) groups is 2. The minimum Gasteiger partial charge on any atom is -0.481 e. The van der Waals surface area contributed by atoms with Crippen molar-refractivity contribution in [2.24, 2.45) is 5.92 Å². The largest absolute Gasteiger partial charge is 0.481 e. The van der Waals surface area contributed by atoms with Gasteiger partial charge in [-0.3, -0.25) is 4.79 Å². The fraction of sp³-hybridized carbons (Fsp3) is 0.692. The molecule has 0 saturated carbocycles. The Morgan fingerprint density at radius 1 is 1.61 bits per heavy atom. The van der Waals surface area contributed by atoms with E-state index >= 15 is 0 Å². The van der Waals surface area contributed by atoms with Crippen molar-refractivity contribution in [3.63, 3.8) is 0 Å². The van der Waals surface area contributed by atoms with Crippen LogP contribution in [0.2, 0.25) is 0 Å². The summed E-state index contributed by atoms with van der Waals surface area (Å²) >= 11 is 0. The van der Waals surface area contributed by atoms with Crippen molar-refractivity contribution >= 4 is 12.0 Å². The van der Waals surface area contributed by atoms with E-state index in [0.717, 1.165) is 12.8 Å². The zero-order chi connectivity index (χ0) is 13.5. The van der Waals surface area contributed by atoms with Crippen molar-refractivity contribution < 1.29 is 14.7 Å². The van der Waals surface area contributed by atoms with Gasteiger partial charge < -0.3 is 15.3 Å². The molecule has 0 radical (unpaired) electrons. The number of carboxylic acid groups (broad SMARTS) is 1. The highest BCUT2D eigenvalue weighted by Gasteiger charge is 2.24. The lowest BCUT2D eigenvalue weighted by Gasteiger charge is -2.33. The van der Waals surface area contributed by atoms with Crippen LogP contribution in [0.25, 0.3) is 0 Å². The van der Waals surface area contributed by atoms with Crippen molar-refractivity contribution in [2.75, 3.05) is 13.1 Å². The Bertz CT molecular complexity index is 349. The number of amides is 2. The molecule has 0 spiro atoms. The maximum atomic E-state index is 11.9. The molecular weight excluding hydrogens is 232 g/mol. The Morgan fingerprint density at radius 2 is 2.33 bits per heavy atom. The van der Waals surface area contributed by atoms with Gasteiger partial charge in [-0.1, -0.05) is 5.92 Å². The molecule has 2 unspecified atom stereocenters. The first-order valence-corrected chi connectivity index (χ1v) is 6.26. The lowest BCUT2D eigenvalue weighted by Crippen LogP contribution is -2.47. The molecule has 2 amide bonds. The predicted octanol–water partition coefficient (Wildman–Crippen LogP) is 1.29. The van der Waals surface area contributed by atoms with Crippen LogP contribution >= 0.6 is 0 Å². The summed E-state index contributed by atoms with van der Waals surface area (Å²) in [4.78, 5) is 24.1. The second-order valence-corrected chi connectivity index (χ2v) is 4.72. The summed E-state index contributed by atoms with van der Waals surface area (Å²) in [5, 5.41) is 11.4. The van der Waals surface area contributed by atoms with Gasteiger partial charge in [0.15, 0.2) is 0 Å². The Morgan fingerprint density at radius 3 is 2.94 bits per heavy atom. The zero-order valence-electron chi connectivity index (χ0n) is 10.7. The molecule has 1 saturated heterocycles. The minimum absolute atomic E-state index is 0.152. The van der Waals surface area contributed by atoms with E-state index in [1.165, 1.54) is 0 Å². The molecule has 1 heterocycles. The quantitative estimate of drug-likeness (QED) is 0.741. The summed E-state index contributed by atoms with van der Waals surface area (Å²) in [6.45, 7) is 3.09. The van der Waals surface area contributed by atoms with E-state index in [1.807, 2.05) is 0 Å². The third-order valence-corrected chi connectivity index (χ3v) is 3.16. The number of hydrogen-bond acceptors (Lipinski definition) is 2. The number of carbonyl (C=O) groups excluding carboxylic acids is 1. The van der Waals surface area contributed by atoms with E-state index in [1.54, 1.807) is 11.8 Å². The second kappa shape index (κ2) is 6.90. The normalized spacial score (nSPS) is 20.9. The molecule has 100 valence electrons. The Kier molecular flexibility index (Phi) is 5.50. The van der Waals surface area contributed by atoms with Crippen LogP contribution in [-0.2, 0) is 4.79 Å². The second-order valence-electron chi connectivity index (χ2n) is 4.72. The number of carboxylic acids is 1. The first-order valence-electron chi connectivity index (χ1n) is 6.26. The van der Waals surface area contributed by atoms with Crippen molar-refractivity contribution in [1.29, 1.82) is 0 Å². The lowest BCUT2D eigenvalue weighted by atomic mass is 9.93. The number of nitrogens with zero attached hydrogens (tertiary/aromatic N) is 1. The van der Waals surface area contributed by atoms with Gasteiger partial charge in [0.2, 0.25) is 0 Å². The van der Waals surface area contributed by atoms with E-state index in [4.69, 9.17) is 11.5 Å².